The molecule has 17 heteroatoms. The van der Waals surface area contributed by atoms with Gasteiger partial charge in [0.2, 0.25) is 6.29 Å². The van der Waals surface area contributed by atoms with Crippen molar-refractivity contribution < 1.29 is 84.4 Å². The van der Waals surface area contributed by atoms with E-state index >= 15 is 0 Å². The Balaban J connectivity index is 1.63. The zero-order valence-corrected chi connectivity index (χ0v) is 23.1. The van der Waals surface area contributed by atoms with E-state index < -0.39 is 112 Å². The normalized spacial score (nSPS) is 21.0. The maximum atomic E-state index is 12.9. The summed E-state index contributed by atoms with van der Waals surface area (Å²) in [4.78, 5) is 38.5. The van der Waals surface area contributed by atoms with E-state index in [4.69, 9.17) is 18.9 Å². The summed E-state index contributed by atoms with van der Waals surface area (Å²) in [5.41, 5.74) is -0.843. The summed E-state index contributed by atoms with van der Waals surface area (Å²) < 4.78 is 21.1. The van der Waals surface area contributed by atoms with E-state index in [1.54, 1.807) is 0 Å². The Morgan fingerprint density at radius 3 is 1.70 bits per heavy atom. The maximum absolute atomic E-state index is 12.9. The van der Waals surface area contributed by atoms with Crippen LogP contribution >= 0.6 is 0 Å². The molecule has 3 aromatic rings. The number of esters is 3. The summed E-state index contributed by atoms with van der Waals surface area (Å²) in [6.45, 7) is -0.998. The molecule has 0 amide bonds. The molecule has 5 atom stereocenters. The molecule has 1 aliphatic rings. The van der Waals surface area contributed by atoms with Gasteiger partial charge in [-0.25, -0.2) is 14.4 Å². The van der Waals surface area contributed by atoms with Crippen molar-refractivity contribution in [2.24, 2.45) is 0 Å². The third-order valence-electron chi connectivity index (χ3n) is 6.54. The van der Waals surface area contributed by atoms with Gasteiger partial charge < -0.3 is 70.0 Å². The number of rotatable bonds is 8. The summed E-state index contributed by atoms with van der Waals surface area (Å²) in [5.74, 6) is -10.3. The van der Waals surface area contributed by atoms with Crippen molar-refractivity contribution in [2.75, 3.05) is 6.61 Å². The SMILES string of the molecule is O=C(C=Cc1ccc(O)c(O)c1)O[C@@H]1[C@@H](O)[C@H](OC(=O)c2cc(O)c(O)c(O)c2)O[C@H](CO)[C@H]1OC(=O)c1cc(O)c(O)c(O)c1. The number of aliphatic hydroxyl groups is 2. The van der Waals surface area contributed by atoms with Crippen LogP contribution in [-0.2, 0) is 23.7 Å². The first-order valence-corrected chi connectivity index (χ1v) is 13.0. The molecule has 1 heterocycles. The molecule has 46 heavy (non-hydrogen) atoms. The van der Waals surface area contributed by atoms with Gasteiger partial charge in [0.15, 0.2) is 64.3 Å². The molecule has 0 unspecified atom stereocenters. The third kappa shape index (κ3) is 7.07. The first-order chi connectivity index (χ1) is 21.7. The van der Waals surface area contributed by atoms with Crippen molar-refractivity contribution in [1.29, 1.82) is 0 Å². The first-order valence-electron chi connectivity index (χ1n) is 13.0. The Hall–Kier alpha value is -5.91. The van der Waals surface area contributed by atoms with E-state index in [2.05, 4.69) is 0 Å². The lowest BCUT2D eigenvalue weighted by Gasteiger charge is -2.42. The number of aromatic hydroxyl groups is 8. The fourth-order valence-electron chi connectivity index (χ4n) is 4.21. The second-order valence-corrected chi connectivity index (χ2v) is 9.70. The first kappa shape index (κ1) is 33.0. The molecule has 17 nitrogen and oxygen atoms in total. The van der Waals surface area contributed by atoms with E-state index in [1.807, 2.05) is 0 Å². The lowest BCUT2D eigenvalue weighted by molar-refractivity contribution is -0.287. The summed E-state index contributed by atoms with van der Waals surface area (Å²) >= 11 is 0. The Kier molecular flexibility index (Phi) is 9.60. The predicted octanol–water partition coefficient (Wildman–Crippen LogP) is 0.417. The Morgan fingerprint density at radius 1 is 0.674 bits per heavy atom. The largest absolute Gasteiger partial charge is 0.504 e. The molecule has 0 spiro atoms. The fraction of sp³-hybridized carbons (Fsp3) is 0.207. The minimum Gasteiger partial charge on any atom is -0.504 e. The van der Waals surface area contributed by atoms with Crippen molar-refractivity contribution in [3.63, 3.8) is 0 Å². The molecule has 0 aliphatic carbocycles. The zero-order chi connectivity index (χ0) is 33.9. The molecular weight excluding hydrogens is 620 g/mol. The van der Waals surface area contributed by atoms with Crippen LogP contribution in [0.3, 0.4) is 0 Å². The molecule has 3 aromatic carbocycles. The van der Waals surface area contributed by atoms with Gasteiger partial charge in [-0.3, -0.25) is 0 Å². The van der Waals surface area contributed by atoms with Crippen LogP contribution in [0.5, 0.6) is 46.0 Å². The fourth-order valence-corrected chi connectivity index (χ4v) is 4.21. The van der Waals surface area contributed by atoms with Crippen LogP contribution in [0.25, 0.3) is 6.08 Å². The van der Waals surface area contributed by atoms with Gasteiger partial charge in [-0.1, -0.05) is 6.07 Å². The van der Waals surface area contributed by atoms with Crippen molar-refractivity contribution >= 4 is 24.0 Å². The van der Waals surface area contributed by atoms with Crippen LogP contribution in [0.4, 0.5) is 0 Å². The monoisotopic (exact) mass is 646 g/mol. The average Bonchev–Trinajstić information content (AvgIpc) is 3.01. The quantitative estimate of drug-likeness (QED) is 0.0686. The number of carbonyl (C=O) groups is 3. The van der Waals surface area contributed by atoms with Crippen LogP contribution in [0, 0.1) is 0 Å². The number of hydrogen-bond donors (Lipinski definition) is 10. The highest BCUT2D eigenvalue weighted by molar-refractivity contribution is 5.92. The van der Waals surface area contributed by atoms with Crippen molar-refractivity contribution in [2.45, 2.75) is 30.7 Å². The molecule has 0 aromatic heterocycles. The second kappa shape index (κ2) is 13.4. The number of benzene rings is 3. The van der Waals surface area contributed by atoms with Gasteiger partial charge in [0, 0.05) is 6.08 Å². The summed E-state index contributed by atoms with van der Waals surface area (Å²) in [5, 5.41) is 98.3. The lowest BCUT2D eigenvalue weighted by atomic mass is 9.98. The molecule has 1 aliphatic heterocycles. The van der Waals surface area contributed by atoms with E-state index in [-0.39, 0.29) is 5.56 Å². The topological polar surface area (TPSA) is 290 Å². The lowest BCUT2D eigenvalue weighted by Crippen LogP contribution is -2.62. The molecular formula is C29H26O17. The van der Waals surface area contributed by atoms with Gasteiger partial charge in [-0.05, 0) is 48.0 Å². The highest BCUT2D eigenvalue weighted by Gasteiger charge is 2.51. The standard InChI is InChI=1S/C29H26O17/c30-10-20-25(45-27(41)12-6-16(33)22(38)17(34)7-12)26(44-21(37)4-2-11-1-3-14(31)15(32)5-11)24(40)29(43-20)46-28(42)13-8-18(35)23(39)19(36)9-13/h1-9,20,24-26,29-36,38-40H,10H2/t20-,24-,25-,26-,29+/m1/s1. The molecule has 0 saturated carbocycles. The van der Waals surface area contributed by atoms with E-state index in [9.17, 15) is 65.4 Å². The Morgan fingerprint density at radius 2 is 1.20 bits per heavy atom. The number of phenols is 8. The van der Waals surface area contributed by atoms with Gasteiger partial charge in [0.05, 0.1) is 17.7 Å². The molecule has 10 N–H and O–H groups in total. The van der Waals surface area contributed by atoms with Crippen LogP contribution in [-0.4, -0.2) is 106 Å². The molecule has 1 saturated heterocycles. The second-order valence-electron chi connectivity index (χ2n) is 9.70. The van der Waals surface area contributed by atoms with Gasteiger partial charge in [0.1, 0.15) is 6.10 Å². The third-order valence-corrected chi connectivity index (χ3v) is 6.54. The van der Waals surface area contributed by atoms with E-state index in [0.717, 1.165) is 36.4 Å². The van der Waals surface area contributed by atoms with Gasteiger partial charge >= 0.3 is 17.9 Å². The number of ether oxygens (including phenoxy) is 4. The van der Waals surface area contributed by atoms with Crippen LogP contribution < -0.4 is 0 Å². The number of aliphatic hydroxyl groups excluding tert-OH is 2. The molecule has 244 valence electrons. The molecule has 0 radical (unpaired) electrons. The summed E-state index contributed by atoms with van der Waals surface area (Å²) in [7, 11) is 0. The van der Waals surface area contributed by atoms with Crippen molar-refractivity contribution in [3.8, 4) is 46.0 Å². The zero-order valence-electron chi connectivity index (χ0n) is 23.1. The smallest absolute Gasteiger partial charge is 0.340 e. The van der Waals surface area contributed by atoms with Gasteiger partial charge in [0.25, 0.3) is 0 Å². The predicted molar refractivity (Wildman–Crippen MR) is 148 cm³/mol. The maximum Gasteiger partial charge on any atom is 0.340 e. The highest BCUT2D eigenvalue weighted by Crippen LogP contribution is 2.38. The number of phenolic OH excluding ortho intramolecular Hbond substituents is 8. The molecule has 4 rings (SSSR count). The van der Waals surface area contributed by atoms with Crippen LogP contribution in [0.2, 0.25) is 0 Å². The van der Waals surface area contributed by atoms with Gasteiger partial charge in [-0.2, -0.15) is 0 Å². The van der Waals surface area contributed by atoms with Crippen LogP contribution in [0.1, 0.15) is 26.3 Å². The van der Waals surface area contributed by atoms with Crippen molar-refractivity contribution in [1.82, 2.24) is 0 Å². The number of carbonyl (C=O) groups excluding carboxylic acids is 3. The van der Waals surface area contributed by atoms with Crippen LogP contribution in [0.15, 0.2) is 48.5 Å². The van der Waals surface area contributed by atoms with E-state index in [0.29, 0.717) is 12.1 Å². The van der Waals surface area contributed by atoms with E-state index in [1.165, 1.54) is 6.07 Å². The Labute approximate surface area is 257 Å². The molecule has 0 bridgehead atoms. The van der Waals surface area contributed by atoms with Crippen molar-refractivity contribution in [3.05, 3.63) is 65.2 Å². The number of hydrogen-bond acceptors (Lipinski definition) is 17. The molecule has 1 fully saturated rings. The summed E-state index contributed by atoms with van der Waals surface area (Å²) in [6, 6.07) is 6.43. The minimum absolute atomic E-state index is 0.218. The average molecular weight is 647 g/mol. The summed E-state index contributed by atoms with van der Waals surface area (Å²) in [6.07, 6.45) is -7.73. The highest BCUT2D eigenvalue weighted by atomic mass is 16.7. The minimum atomic E-state index is -2.15. The Bertz CT molecular complexity index is 1640. The van der Waals surface area contributed by atoms with Gasteiger partial charge in [-0.15, -0.1) is 0 Å².